The predicted molar refractivity (Wildman–Crippen MR) is 287 cm³/mol. The Kier molecular flexibility index (Phi) is 8.83. The van der Waals surface area contributed by atoms with Gasteiger partial charge < -0.3 is 13.7 Å². The fourth-order valence-corrected chi connectivity index (χ4v) is 10.8. The lowest BCUT2D eigenvalue weighted by Crippen LogP contribution is -2.02. The molecule has 14 aromatic rings. The van der Waals surface area contributed by atoms with Crippen LogP contribution in [0.2, 0.25) is 0 Å². The quantitative estimate of drug-likeness (QED) is 0.160. The summed E-state index contributed by atoms with van der Waals surface area (Å²) in [5, 5.41) is 7.42. The van der Waals surface area contributed by atoms with Gasteiger partial charge in [0, 0.05) is 71.6 Å². The van der Waals surface area contributed by atoms with E-state index in [0.29, 0.717) is 5.82 Å². The number of para-hydroxylation sites is 6. The monoisotopic (exact) mass is 879 g/mol. The molecule has 0 aliphatic heterocycles. The highest BCUT2D eigenvalue weighted by atomic mass is 15.0. The summed E-state index contributed by atoms with van der Waals surface area (Å²) >= 11 is 0. The molecule has 0 aliphatic carbocycles. The predicted octanol–water partition coefficient (Wildman–Crippen LogP) is 16.4. The van der Waals surface area contributed by atoms with Crippen LogP contribution in [0.4, 0.5) is 0 Å². The van der Waals surface area contributed by atoms with Gasteiger partial charge in [-0.05, 0) is 90.5 Å². The fourth-order valence-electron chi connectivity index (χ4n) is 10.8. The summed E-state index contributed by atoms with van der Waals surface area (Å²) in [6.07, 6.45) is 0. The molecule has 0 saturated heterocycles. The Morgan fingerprint density at radius 3 is 0.783 bits per heavy atom. The van der Waals surface area contributed by atoms with Crippen molar-refractivity contribution in [3.63, 3.8) is 0 Å². The number of hydrogen-bond donors (Lipinski definition) is 0. The van der Waals surface area contributed by atoms with E-state index < -0.39 is 0 Å². The number of benzene rings is 10. The van der Waals surface area contributed by atoms with Crippen LogP contribution >= 0.6 is 0 Å². The van der Waals surface area contributed by atoms with E-state index in [1.54, 1.807) is 0 Å². The van der Waals surface area contributed by atoms with E-state index in [9.17, 15) is 0 Å². The number of nitrogens with zero attached hydrogens (tertiary/aromatic N) is 5. The average molecular weight is 880 g/mol. The third-order valence-corrected chi connectivity index (χ3v) is 13.9. The molecule has 10 aromatic carbocycles. The third kappa shape index (κ3) is 6.18. The van der Waals surface area contributed by atoms with Crippen LogP contribution in [0.1, 0.15) is 0 Å². The molecule has 0 radical (unpaired) electrons. The van der Waals surface area contributed by atoms with Gasteiger partial charge in [-0.15, -0.1) is 0 Å². The molecule has 0 saturated carbocycles. The van der Waals surface area contributed by atoms with Crippen LogP contribution in [0, 0.1) is 0 Å². The summed E-state index contributed by atoms with van der Waals surface area (Å²) in [4.78, 5) is 11.1. The lowest BCUT2D eigenvalue weighted by molar-refractivity contribution is 1.16. The zero-order valence-corrected chi connectivity index (χ0v) is 37.4. The first kappa shape index (κ1) is 38.9. The number of fused-ring (bicyclic) bond motifs is 9. The van der Waals surface area contributed by atoms with Crippen molar-refractivity contribution in [2.24, 2.45) is 0 Å². The third-order valence-electron chi connectivity index (χ3n) is 13.9. The Labute approximate surface area is 398 Å². The summed E-state index contributed by atoms with van der Waals surface area (Å²) in [7, 11) is 0. The van der Waals surface area contributed by atoms with Gasteiger partial charge >= 0.3 is 0 Å². The van der Waals surface area contributed by atoms with Gasteiger partial charge in [0.05, 0.1) is 44.5 Å². The van der Waals surface area contributed by atoms with Gasteiger partial charge in [0.15, 0.2) is 5.82 Å². The molecule has 0 unspecified atom stereocenters. The van der Waals surface area contributed by atoms with Crippen molar-refractivity contribution in [3.05, 3.63) is 249 Å². The average Bonchev–Trinajstić information content (AvgIpc) is 4.07. The van der Waals surface area contributed by atoms with E-state index >= 15 is 0 Å². The summed E-state index contributed by atoms with van der Waals surface area (Å²) in [5.41, 5.74) is 17.0. The summed E-state index contributed by atoms with van der Waals surface area (Å²) in [6, 6.07) is 89.0. The summed E-state index contributed by atoms with van der Waals surface area (Å²) in [6.45, 7) is 0. The van der Waals surface area contributed by atoms with Gasteiger partial charge in [0.2, 0.25) is 0 Å². The minimum absolute atomic E-state index is 0.659. The van der Waals surface area contributed by atoms with Gasteiger partial charge in [-0.2, -0.15) is 0 Å². The molecule has 69 heavy (non-hydrogen) atoms. The Morgan fingerprint density at radius 2 is 0.478 bits per heavy atom. The molecule has 14 rings (SSSR count). The standard InChI is InChI=1S/C64H41N5/c1-2-16-42(17-3-1)61-62(43-30-36-46(37-31-43)67-55-24-10-4-18-49(55)50-19-5-11-25-56(50)67)65-64(45-34-40-48(41-35-45)69-59-28-14-8-22-53(59)54-23-9-15-29-60(54)69)66-63(61)44-32-38-47(39-33-44)68-57-26-12-6-20-51(57)52-21-7-13-27-58(52)68/h1-41H. The van der Waals surface area contributed by atoms with Crippen LogP contribution in [0.15, 0.2) is 249 Å². The molecule has 0 bridgehead atoms. The van der Waals surface area contributed by atoms with Crippen LogP contribution < -0.4 is 0 Å². The Morgan fingerprint density at radius 1 is 0.217 bits per heavy atom. The van der Waals surface area contributed by atoms with Gasteiger partial charge in [0.25, 0.3) is 0 Å². The lowest BCUT2D eigenvalue weighted by Gasteiger charge is -2.18. The van der Waals surface area contributed by atoms with Gasteiger partial charge in [-0.3, -0.25) is 0 Å². The zero-order valence-electron chi connectivity index (χ0n) is 37.4. The maximum absolute atomic E-state index is 5.56. The van der Waals surface area contributed by atoms with Crippen molar-refractivity contribution in [2.75, 3.05) is 0 Å². The molecule has 4 heterocycles. The fraction of sp³-hybridized carbons (Fsp3) is 0. The van der Waals surface area contributed by atoms with Gasteiger partial charge in [0.1, 0.15) is 0 Å². The highest BCUT2D eigenvalue weighted by Gasteiger charge is 2.22. The first-order chi connectivity index (χ1) is 34.2. The first-order valence-electron chi connectivity index (χ1n) is 23.5. The molecule has 5 nitrogen and oxygen atoms in total. The van der Waals surface area contributed by atoms with E-state index in [1.165, 1.54) is 65.4 Å². The van der Waals surface area contributed by atoms with Crippen molar-refractivity contribution >= 4 is 65.4 Å². The van der Waals surface area contributed by atoms with E-state index in [-0.39, 0.29) is 0 Å². The smallest absolute Gasteiger partial charge is 0.160 e. The minimum Gasteiger partial charge on any atom is -0.309 e. The van der Waals surface area contributed by atoms with Crippen LogP contribution in [0.25, 0.3) is 128 Å². The highest BCUT2D eigenvalue weighted by molar-refractivity contribution is 6.11. The second kappa shape index (κ2) is 15.7. The largest absolute Gasteiger partial charge is 0.309 e. The van der Waals surface area contributed by atoms with Gasteiger partial charge in [-0.1, -0.05) is 164 Å². The van der Waals surface area contributed by atoms with E-state index in [1.807, 2.05) is 0 Å². The lowest BCUT2D eigenvalue weighted by atomic mass is 9.93. The van der Waals surface area contributed by atoms with Gasteiger partial charge in [-0.25, -0.2) is 9.97 Å². The van der Waals surface area contributed by atoms with Crippen LogP contribution in [0.3, 0.4) is 0 Å². The number of rotatable bonds is 7. The SMILES string of the molecule is c1ccc(-c2c(-c3ccc(-n4c5ccccc5c5ccccc54)cc3)nc(-c3ccc(-n4c5ccccc5c5ccccc54)cc3)nc2-c2ccc(-n3c4ccccc4c4ccccc43)cc2)cc1. The second-order valence-electron chi connectivity index (χ2n) is 17.7. The molecule has 5 heteroatoms. The summed E-state index contributed by atoms with van der Waals surface area (Å²) in [5.74, 6) is 0.659. The molecule has 0 N–H and O–H groups in total. The number of aromatic nitrogens is 5. The van der Waals surface area contributed by atoms with Crippen molar-refractivity contribution in [1.29, 1.82) is 0 Å². The molecule has 4 aromatic heterocycles. The zero-order chi connectivity index (χ0) is 45.4. The molecule has 0 atom stereocenters. The molecule has 0 fully saturated rings. The molecular weight excluding hydrogens is 839 g/mol. The van der Waals surface area contributed by atoms with Crippen molar-refractivity contribution < 1.29 is 0 Å². The van der Waals surface area contributed by atoms with Crippen molar-refractivity contribution in [1.82, 2.24) is 23.7 Å². The van der Waals surface area contributed by atoms with Crippen molar-refractivity contribution in [3.8, 4) is 62.1 Å². The molecule has 0 spiro atoms. The first-order valence-corrected chi connectivity index (χ1v) is 23.5. The van der Waals surface area contributed by atoms with E-state index in [0.717, 1.165) is 56.3 Å². The maximum Gasteiger partial charge on any atom is 0.160 e. The maximum atomic E-state index is 5.56. The van der Waals surface area contributed by atoms with Crippen LogP contribution in [-0.2, 0) is 0 Å². The minimum atomic E-state index is 0.659. The van der Waals surface area contributed by atoms with E-state index in [2.05, 4.69) is 262 Å². The van der Waals surface area contributed by atoms with Crippen LogP contribution in [-0.4, -0.2) is 23.7 Å². The molecular formula is C64H41N5. The van der Waals surface area contributed by atoms with Crippen LogP contribution in [0.5, 0.6) is 0 Å². The van der Waals surface area contributed by atoms with E-state index in [4.69, 9.17) is 9.97 Å². The Balaban J connectivity index is 0.963. The normalized spacial score (nSPS) is 11.8. The molecule has 0 aliphatic rings. The summed E-state index contributed by atoms with van der Waals surface area (Å²) < 4.78 is 7.07. The Bertz CT molecular complexity index is 3930. The number of hydrogen-bond acceptors (Lipinski definition) is 2. The Hall–Kier alpha value is -9.32. The highest BCUT2D eigenvalue weighted by Crippen LogP contribution is 2.42. The topological polar surface area (TPSA) is 40.6 Å². The molecule has 0 amide bonds. The molecule has 322 valence electrons. The second-order valence-corrected chi connectivity index (χ2v) is 17.7. The van der Waals surface area contributed by atoms with Crippen molar-refractivity contribution in [2.45, 2.75) is 0 Å².